The van der Waals surface area contributed by atoms with Crippen molar-refractivity contribution >= 4 is 85.7 Å². The molecule has 0 aliphatic rings. The van der Waals surface area contributed by atoms with Gasteiger partial charge in [-0.25, -0.2) is 0 Å². The van der Waals surface area contributed by atoms with Crippen molar-refractivity contribution in [3.05, 3.63) is 0 Å². The van der Waals surface area contributed by atoms with Gasteiger partial charge in [0.1, 0.15) is 0 Å². The highest BCUT2D eigenvalue weighted by atomic mass is 32.2. The predicted octanol–water partition coefficient (Wildman–Crippen LogP) is 13.8. The second kappa shape index (κ2) is 17.4. The molecule has 4 aromatic heterocycles. The van der Waals surface area contributed by atoms with Gasteiger partial charge in [0.05, 0.1) is 56.0 Å². The Morgan fingerprint density at radius 2 is 0.568 bits per heavy atom. The van der Waals surface area contributed by atoms with Gasteiger partial charge in [0, 0.05) is 10.8 Å². The third-order valence-electron chi connectivity index (χ3n) is 8.39. The molecular formula is C36H52O4S4. The van der Waals surface area contributed by atoms with Gasteiger partial charge < -0.3 is 18.9 Å². The SMILES string of the molecule is CCCCCCOc1sc2sc(OCCCCCC)c3c4c(OCCCCCC)sc5sc(OCCCCCC)c(c1c23)c54. The third-order valence-corrected chi connectivity index (χ3v) is 13.0. The zero-order valence-corrected chi connectivity index (χ0v) is 30.7. The van der Waals surface area contributed by atoms with E-state index in [9.17, 15) is 0 Å². The van der Waals surface area contributed by atoms with E-state index >= 15 is 0 Å². The standard InChI is InChI=1S/C36H52O4S4/c1-5-9-13-17-21-37-31-25-26-30-28(27-29(25)35(41-31)42-33(27)39-23-19-15-11-7-3)34(40-24-20-16-12-8-4)44-36(30)43-32(26)38-22-18-14-10-6-2/h5-24H2,1-4H3. The number of hydrogen-bond acceptors (Lipinski definition) is 8. The first-order valence-corrected chi connectivity index (χ1v) is 20.7. The molecule has 5 rings (SSSR count). The van der Waals surface area contributed by atoms with Gasteiger partial charge in [0.15, 0.2) is 20.3 Å². The smallest absolute Gasteiger partial charge is 0.183 e. The van der Waals surface area contributed by atoms with Gasteiger partial charge in [-0.05, 0) is 25.7 Å². The van der Waals surface area contributed by atoms with Gasteiger partial charge in [0.2, 0.25) is 0 Å². The number of unbranched alkanes of at least 4 members (excludes halogenated alkanes) is 12. The second-order valence-corrected chi connectivity index (χ2v) is 16.5. The number of hydrogen-bond donors (Lipinski definition) is 0. The van der Waals surface area contributed by atoms with Crippen LogP contribution in [0.3, 0.4) is 0 Å². The van der Waals surface area contributed by atoms with Gasteiger partial charge in [-0.2, -0.15) is 0 Å². The van der Waals surface area contributed by atoms with Gasteiger partial charge >= 0.3 is 0 Å². The molecule has 0 spiro atoms. The number of ether oxygens (including phenoxy) is 4. The molecule has 44 heavy (non-hydrogen) atoms. The molecule has 0 saturated carbocycles. The molecule has 0 N–H and O–H groups in total. The maximum absolute atomic E-state index is 6.62. The predicted molar refractivity (Wildman–Crippen MR) is 198 cm³/mol. The van der Waals surface area contributed by atoms with Crippen molar-refractivity contribution in [2.75, 3.05) is 26.4 Å². The summed E-state index contributed by atoms with van der Waals surface area (Å²) in [4.78, 5) is 0. The summed E-state index contributed by atoms with van der Waals surface area (Å²) in [7, 11) is 0. The van der Waals surface area contributed by atoms with Crippen molar-refractivity contribution < 1.29 is 18.9 Å². The number of fused-ring (bicyclic) bond motifs is 2. The molecule has 1 aromatic carbocycles. The van der Waals surface area contributed by atoms with Crippen LogP contribution >= 0.6 is 45.3 Å². The molecule has 0 unspecified atom stereocenters. The fraction of sp³-hybridized carbons (Fsp3) is 0.667. The largest absolute Gasteiger partial charge is 0.483 e. The zero-order chi connectivity index (χ0) is 30.7. The van der Waals surface area contributed by atoms with Crippen molar-refractivity contribution in [1.82, 2.24) is 0 Å². The summed E-state index contributed by atoms with van der Waals surface area (Å²) >= 11 is 7.20. The Hall–Kier alpha value is -1.48. The molecule has 8 heteroatoms. The van der Waals surface area contributed by atoms with Gasteiger partial charge in [0.25, 0.3) is 0 Å². The molecule has 5 aromatic rings. The van der Waals surface area contributed by atoms with Gasteiger partial charge in [-0.3, -0.25) is 0 Å². The Kier molecular flexibility index (Phi) is 13.4. The van der Waals surface area contributed by atoms with Crippen LogP contribution in [0.15, 0.2) is 0 Å². The molecular weight excluding hydrogens is 625 g/mol. The van der Waals surface area contributed by atoms with E-state index < -0.39 is 0 Å². The maximum Gasteiger partial charge on any atom is 0.183 e. The summed E-state index contributed by atoms with van der Waals surface area (Å²) in [6, 6.07) is 0. The topological polar surface area (TPSA) is 36.9 Å². The highest BCUT2D eigenvalue weighted by Gasteiger charge is 2.31. The normalized spacial score (nSPS) is 12.1. The van der Waals surface area contributed by atoms with Crippen LogP contribution in [0.25, 0.3) is 40.3 Å². The molecule has 0 aliphatic heterocycles. The number of thiophene rings is 4. The zero-order valence-electron chi connectivity index (χ0n) is 27.4. The summed E-state index contributed by atoms with van der Waals surface area (Å²) in [6.07, 6.45) is 19.2. The first kappa shape index (κ1) is 33.9. The van der Waals surface area contributed by atoms with Crippen molar-refractivity contribution in [3.8, 4) is 20.3 Å². The Bertz CT molecular complexity index is 1320. The van der Waals surface area contributed by atoms with E-state index in [0.29, 0.717) is 0 Å². The molecule has 0 saturated heterocycles. The van der Waals surface area contributed by atoms with Crippen LogP contribution in [0.4, 0.5) is 0 Å². The number of benzene rings is 1. The van der Waals surface area contributed by atoms with Gasteiger partial charge in [-0.15, -0.1) is 0 Å². The van der Waals surface area contributed by atoms with Crippen LogP contribution in [-0.2, 0) is 0 Å². The van der Waals surface area contributed by atoms with Crippen LogP contribution in [0, 0.1) is 0 Å². The molecule has 0 bridgehead atoms. The Morgan fingerprint density at radius 3 is 0.795 bits per heavy atom. The monoisotopic (exact) mass is 676 g/mol. The van der Waals surface area contributed by atoms with Crippen molar-refractivity contribution in [3.63, 3.8) is 0 Å². The lowest BCUT2D eigenvalue weighted by molar-refractivity contribution is 0.314. The van der Waals surface area contributed by atoms with Crippen molar-refractivity contribution in [2.24, 2.45) is 0 Å². The molecule has 4 nitrogen and oxygen atoms in total. The second-order valence-electron chi connectivity index (χ2n) is 12.0. The van der Waals surface area contributed by atoms with Crippen LogP contribution in [0.5, 0.6) is 20.3 Å². The summed E-state index contributed by atoms with van der Waals surface area (Å²) in [5.74, 6) is 0. The average Bonchev–Trinajstić information content (AvgIpc) is 3.76. The number of rotatable bonds is 24. The lowest BCUT2D eigenvalue weighted by atomic mass is 10.0. The molecule has 0 atom stereocenters. The highest BCUT2D eigenvalue weighted by molar-refractivity contribution is 7.43. The lowest BCUT2D eigenvalue weighted by Crippen LogP contribution is -1.99. The summed E-state index contributed by atoms with van der Waals surface area (Å²) in [5, 5.41) is 11.7. The van der Waals surface area contributed by atoms with Crippen molar-refractivity contribution in [2.45, 2.75) is 130 Å². The molecule has 0 radical (unpaired) electrons. The first-order valence-electron chi connectivity index (χ1n) is 17.4. The summed E-state index contributed by atoms with van der Waals surface area (Å²) in [6.45, 7) is 12.1. The van der Waals surface area contributed by atoms with E-state index in [1.54, 1.807) is 45.3 Å². The first-order chi connectivity index (χ1) is 21.7. The highest BCUT2D eigenvalue weighted by Crippen LogP contribution is 2.62. The fourth-order valence-electron chi connectivity index (χ4n) is 5.94. The van der Waals surface area contributed by atoms with E-state index in [-0.39, 0.29) is 0 Å². The fourth-order valence-corrected chi connectivity index (χ4v) is 10.9. The van der Waals surface area contributed by atoms with Crippen LogP contribution in [0.2, 0.25) is 0 Å². The average molecular weight is 677 g/mol. The maximum atomic E-state index is 6.62. The quantitative estimate of drug-likeness (QED) is 0.0610. The molecule has 4 heterocycles. The van der Waals surface area contributed by atoms with Gasteiger partial charge in [-0.1, -0.05) is 150 Å². The molecule has 0 aliphatic carbocycles. The Morgan fingerprint density at radius 1 is 0.318 bits per heavy atom. The van der Waals surface area contributed by atoms with Crippen LogP contribution < -0.4 is 18.9 Å². The minimum Gasteiger partial charge on any atom is -0.483 e. The van der Waals surface area contributed by atoms with E-state index in [4.69, 9.17) is 18.9 Å². The Labute approximate surface area is 280 Å². The van der Waals surface area contributed by atoms with Crippen LogP contribution in [0.1, 0.15) is 130 Å². The van der Waals surface area contributed by atoms with E-state index in [1.807, 2.05) is 0 Å². The van der Waals surface area contributed by atoms with E-state index in [0.717, 1.165) is 72.4 Å². The van der Waals surface area contributed by atoms with Crippen molar-refractivity contribution in [1.29, 1.82) is 0 Å². The van der Waals surface area contributed by atoms with E-state index in [1.165, 1.54) is 117 Å². The lowest BCUT2D eigenvalue weighted by Gasteiger charge is -2.11. The Balaban J connectivity index is 1.58. The summed E-state index contributed by atoms with van der Waals surface area (Å²) in [5.41, 5.74) is 0. The molecule has 0 fully saturated rings. The molecule has 0 amide bonds. The summed E-state index contributed by atoms with van der Waals surface area (Å²) < 4.78 is 29.0. The minimum absolute atomic E-state index is 0.764. The molecule has 244 valence electrons. The van der Waals surface area contributed by atoms with Crippen LogP contribution in [-0.4, -0.2) is 26.4 Å². The van der Waals surface area contributed by atoms with E-state index in [2.05, 4.69) is 27.7 Å². The third kappa shape index (κ3) is 7.72. The minimum atomic E-state index is 0.764.